The number of amides is 1. The minimum Gasteiger partial charge on any atom is -0.508 e. The monoisotopic (exact) mass is 649 g/mol. The standard InChI is InChI=1S/C33H42F3N3O7/c1-4-39(14-16-9-7-5-6-8-10-16)15-18-13-21(40)23-19(25(18)33(34,35)36)11-17-12-20-26(38(2)3)28(42)24(31(37)45)30(44)32(20,46)29(43)22(17)27(23)41/h13,16-17,20,26,40-41,44,46H,4-12,14-15H2,1-3H3,(H2,37,45)/t17-,20-,26-,32-/m0/s1. The molecule has 4 aliphatic carbocycles. The number of carbonyl (C=O) groups is 3. The van der Waals surface area contributed by atoms with Crippen LogP contribution in [0.15, 0.2) is 23.0 Å². The highest BCUT2D eigenvalue weighted by atomic mass is 19.4. The zero-order chi connectivity index (χ0) is 33.9. The van der Waals surface area contributed by atoms with Crippen LogP contribution >= 0.6 is 0 Å². The lowest BCUT2D eigenvalue weighted by molar-refractivity contribution is -0.153. The second-order valence-corrected chi connectivity index (χ2v) is 13.4. The number of ketones is 2. The Morgan fingerprint density at radius 2 is 1.72 bits per heavy atom. The number of aliphatic hydroxyl groups excluding tert-OH is 2. The van der Waals surface area contributed by atoms with E-state index in [0.29, 0.717) is 19.0 Å². The van der Waals surface area contributed by atoms with Gasteiger partial charge >= 0.3 is 6.18 Å². The van der Waals surface area contributed by atoms with Crippen molar-refractivity contribution < 1.29 is 48.0 Å². The second kappa shape index (κ2) is 12.3. The molecule has 0 heterocycles. The van der Waals surface area contributed by atoms with Gasteiger partial charge in [-0.1, -0.05) is 32.6 Å². The highest BCUT2D eigenvalue weighted by molar-refractivity contribution is 6.24. The first-order valence-corrected chi connectivity index (χ1v) is 15.9. The summed E-state index contributed by atoms with van der Waals surface area (Å²) in [7, 11) is 2.90. The third kappa shape index (κ3) is 5.49. The lowest BCUT2D eigenvalue weighted by Crippen LogP contribution is -2.65. The number of hydrogen-bond acceptors (Lipinski definition) is 9. The van der Waals surface area contributed by atoms with Gasteiger partial charge in [0.05, 0.1) is 17.2 Å². The summed E-state index contributed by atoms with van der Waals surface area (Å²) in [6.07, 6.45) is 0.857. The van der Waals surface area contributed by atoms with Gasteiger partial charge in [0.1, 0.15) is 22.8 Å². The van der Waals surface area contributed by atoms with Gasteiger partial charge in [0.25, 0.3) is 5.91 Å². The lowest BCUT2D eigenvalue weighted by Gasteiger charge is -2.50. The topological polar surface area (TPSA) is 165 Å². The Kier molecular flexibility index (Phi) is 9.08. The van der Waals surface area contributed by atoms with E-state index in [0.717, 1.165) is 44.6 Å². The van der Waals surface area contributed by atoms with Crippen molar-refractivity contribution in [3.63, 3.8) is 0 Å². The lowest BCUT2D eigenvalue weighted by atomic mass is 9.57. The van der Waals surface area contributed by atoms with Crippen molar-refractivity contribution in [3.8, 4) is 5.75 Å². The van der Waals surface area contributed by atoms with Crippen molar-refractivity contribution >= 4 is 23.2 Å². The highest BCUT2D eigenvalue weighted by Gasteiger charge is 2.64. The van der Waals surface area contributed by atoms with Crippen LogP contribution in [0.5, 0.6) is 5.75 Å². The maximum atomic E-state index is 14.9. The first kappa shape index (κ1) is 33.9. The zero-order valence-electron chi connectivity index (χ0n) is 26.3. The molecule has 0 spiro atoms. The fourth-order valence-electron chi connectivity index (χ4n) is 8.32. The smallest absolute Gasteiger partial charge is 0.417 e. The number of phenols is 1. The second-order valence-electron chi connectivity index (χ2n) is 13.4. The van der Waals surface area contributed by atoms with Gasteiger partial charge in [-0.05, 0) is 75.4 Å². The predicted molar refractivity (Wildman–Crippen MR) is 161 cm³/mol. The van der Waals surface area contributed by atoms with Crippen LogP contribution in [0.25, 0.3) is 5.76 Å². The number of likely N-dealkylation sites (N-methyl/N-ethyl adjacent to an activating group) is 1. The van der Waals surface area contributed by atoms with Crippen molar-refractivity contribution in [2.45, 2.75) is 82.7 Å². The number of alkyl halides is 3. The van der Waals surface area contributed by atoms with E-state index in [9.17, 15) is 48.0 Å². The summed E-state index contributed by atoms with van der Waals surface area (Å²) in [5.74, 6) is -8.57. The van der Waals surface area contributed by atoms with Crippen LogP contribution in [0.4, 0.5) is 13.2 Å². The number of nitrogens with two attached hydrogens (primary N) is 1. The van der Waals surface area contributed by atoms with Gasteiger partial charge in [-0.15, -0.1) is 0 Å². The molecule has 2 fully saturated rings. The molecular formula is C33H42F3N3O7. The molecule has 1 aromatic carbocycles. The van der Waals surface area contributed by atoms with E-state index in [1.807, 2.05) is 11.8 Å². The summed E-state index contributed by atoms with van der Waals surface area (Å²) >= 11 is 0. The molecule has 2 saturated carbocycles. The number of rotatable bonds is 7. The molecule has 0 radical (unpaired) electrons. The van der Waals surface area contributed by atoms with E-state index in [1.54, 1.807) is 0 Å². The molecule has 252 valence electrons. The molecule has 46 heavy (non-hydrogen) atoms. The number of primary amides is 1. The predicted octanol–water partition coefficient (Wildman–Crippen LogP) is 3.78. The normalized spacial score (nSPS) is 27.5. The summed E-state index contributed by atoms with van der Waals surface area (Å²) in [4.78, 5) is 42.7. The quantitative estimate of drug-likeness (QED) is 0.218. The molecule has 0 saturated heterocycles. The Morgan fingerprint density at radius 3 is 2.26 bits per heavy atom. The van der Waals surface area contributed by atoms with Gasteiger partial charge in [-0.2, -0.15) is 13.2 Å². The summed E-state index contributed by atoms with van der Waals surface area (Å²) in [6.45, 7) is 2.89. The van der Waals surface area contributed by atoms with Crippen molar-refractivity contribution in [3.05, 3.63) is 45.2 Å². The average molecular weight is 650 g/mol. The summed E-state index contributed by atoms with van der Waals surface area (Å²) in [5.41, 5.74) is -1.09. The Labute approximate surface area is 265 Å². The van der Waals surface area contributed by atoms with Crippen LogP contribution in [0, 0.1) is 17.8 Å². The molecule has 5 rings (SSSR count). The van der Waals surface area contributed by atoms with Crippen LogP contribution in [0.2, 0.25) is 0 Å². The third-order valence-electron chi connectivity index (χ3n) is 10.4. The van der Waals surface area contributed by atoms with Crippen LogP contribution in [0.3, 0.4) is 0 Å². The molecule has 1 aromatic rings. The van der Waals surface area contributed by atoms with Crippen molar-refractivity contribution in [2.75, 3.05) is 27.2 Å². The number of benzene rings is 1. The largest absolute Gasteiger partial charge is 0.508 e. The zero-order valence-corrected chi connectivity index (χ0v) is 26.3. The first-order chi connectivity index (χ1) is 21.5. The van der Waals surface area contributed by atoms with E-state index in [-0.39, 0.29) is 24.1 Å². The van der Waals surface area contributed by atoms with E-state index in [4.69, 9.17) is 5.73 Å². The van der Waals surface area contributed by atoms with Crippen molar-refractivity contribution in [2.24, 2.45) is 23.5 Å². The number of aromatic hydroxyl groups is 1. The number of carbonyl (C=O) groups excluding carboxylic acids is 3. The minimum atomic E-state index is -4.88. The number of aliphatic hydroxyl groups is 3. The van der Waals surface area contributed by atoms with E-state index >= 15 is 0 Å². The summed E-state index contributed by atoms with van der Waals surface area (Å²) < 4.78 is 44.8. The number of Topliss-reactive ketones (excluding diaryl/α,β-unsaturated/α-hetero) is 2. The maximum Gasteiger partial charge on any atom is 0.417 e. The van der Waals surface area contributed by atoms with Gasteiger partial charge in [-0.25, -0.2) is 0 Å². The first-order valence-electron chi connectivity index (χ1n) is 15.9. The molecule has 13 heteroatoms. The molecule has 6 N–H and O–H groups in total. The molecule has 10 nitrogen and oxygen atoms in total. The Bertz CT molecular complexity index is 1510. The van der Waals surface area contributed by atoms with E-state index in [1.165, 1.54) is 19.0 Å². The molecule has 4 aliphatic rings. The van der Waals surface area contributed by atoms with Crippen molar-refractivity contribution in [1.29, 1.82) is 0 Å². The van der Waals surface area contributed by atoms with Crippen LogP contribution in [-0.2, 0) is 33.5 Å². The van der Waals surface area contributed by atoms with Gasteiger partial charge < -0.3 is 26.2 Å². The van der Waals surface area contributed by atoms with Gasteiger partial charge in [0.2, 0.25) is 5.78 Å². The molecule has 1 amide bonds. The minimum absolute atomic E-state index is 0.0856. The molecule has 0 unspecified atom stereocenters. The molecule has 0 aliphatic heterocycles. The Balaban J connectivity index is 1.63. The number of fused-ring (bicyclic) bond motifs is 3. The number of nitrogens with zero attached hydrogens (tertiary/aromatic N) is 2. The summed E-state index contributed by atoms with van der Waals surface area (Å²) in [5, 5.41) is 45.2. The van der Waals surface area contributed by atoms with E-state index in [2.05, 4.69) is 0 Å². The fraction of sp³-hybridized carbons (Fsp3) is 0.606. The van der Waals surface area contributed by atoms with Crippen LogP contribution in [0.1, 0.15) is 74.1 Å². The molecule has 4 atom stereocenters. The van der Waals surface area contributed by atoms with Crippen LogP contribution in [-0.4, -0.2) is 86.5 Å². The number of halogens is 3. The van der Waals surface area contributed by atoms with Crippen LogP contribution < -0.4 is 5.73 Å². The maximum absolute atomic E-state index is 14.9. The number of hydrogen-bond donors (Lipinski definition) is 5. The third-order valence-corrected chi connectivity index (χ3v) is 10.4. The fourth-order valence-corrected chi connectivity index (χ4v) is 8.32. The summed E-state index contributed by atoms with van der Waals surface area (Å²) in [6, 6.07) is -0.357. The van der Waals surface area contributed by atoms with Gasteiger partial charge in [0.15, 0.2) is 11.4 Å². The van der Waals surface area contributed by atoms with Gasteiger partial charge in [0, 0.05) is 24.6 Å². The molecule has 0 bridgehead atoms. The van der Waals surface area contributed by atoms with E-state index < -0.39 is 93.1 Å². The Hall–Kier alpha value is -3.42. The SMILES string of the molecule is CCN(Cc1cc(O)c2c(c1C(F)(F)F)C[C@H]1C[C@H]3[C@H](N(C)C)C(=O)C(C(N)=O)=C(O)[C@@]3(O)C(=O)C1=C2O)CC1CCCCCC1. The molecule has 0 aromatic heterocycles. The molecular weight excluding hydrogens is 607 g/mol. The highest BCUT2D eigenvalue weighted by Crippen LogP contribution is 2.54. The number of phenolic OH excluding ortho intramolecular Hbond substituents is 1. The average Bonchev–Trinajstić information content (AvgIpc) is 3.22. The Morgan fingerprint density at radius 1 is 1.09 bits per heavy atom. The van der Waals surface area contributed by atoms with Crippen molar-refractivity contribution in [1.82, 2.24) is 9.80 Å². The van der Waals surface area contributed by atoms with Gasteiger partial charge in [-0.3, -0.25) is 24.2 Å².